The third kappa shape index (κ3) is 4.66. The number of nitrogens with zero attached hydrogens (tertiary/aromatic N) is 3. The van der Waals surface area contributed by atoms with Gasteiger partial charge < -0.3 is 15.6 Å². The van der Waals surface area contributed by atoms with E-state index in [1.165, 1.54) is 16.8 Å². The van der Waals surface area contributed by atoms with Crippen molar-refractivity contribution < 1.29 is 13.2 Å². The van der Waals surface area contributed by atoms with Gasteiger partial charge in [0.15, 0.2) is 0 Å². The van der Waals surface area contributed by atoms with Crippen LogP contribution in [-0.2, 0) is 25.7 Å². The number of aromatic amines is 1. The minimum Gasteiger partial charge on any atom is -0.367 e. The van der Waals surface area contributed by atoms with Gasteiger partial charge in [-0.25, -0.2) is 4.98 Å². The van der Waals surface area contributed by atoms with Crippen LogP contribution in [-0.4, -0.2) is 32.4 Å². The van der Waals surface area contributed by atoms with Gasteiger partial charge in [-0.05, 0) is 54.7 Å². The van der Waals surface area contributed by atoms with Crippen molar-refractivity contribution in [1.82, 2.24) is 19.9 Å². The Morgan fingerprint density at radius 3 is 2.77 bits per heavy atom. The van der Waals surface area contributed by atoms with Crippen LogP contribution in [0, 0.1) is 0 Å². The lowest BCUT2D eigenvalue weighted by Gasteiger charge is -2.28. The van der Waals surface area contributed by atoms with E-state index in [-0.39, 0.29) is 17.8 Å². The van der Waals surface area contributed by atoms with Gasteiger partial charge in [-0.2, -0.15) is 18.2 Å². The van der Waals surface area contributed by atoms with Crippen LogP contribution in [0.4, 0.5) is 30.6 Å². The molecular weight excluding hydrogens is 405 g/mol. The highest BCUT2D eigenvalue weighted by Crippen LogP contribution is 2.36. The molecule has 0 spiro atoms. The highest BCUT2D eigenvalue weighted by Gasteiger charge is 2.36. The normalized spacial score (nSPS) is 16.7. The second-order valence-electron chi connectivity index (χ2n) is 8.14. The minimum absolute atomic E-state index is 0.0570. The molecule has 3 N–H and O–H groups in total. The number of H-pyrrole nitrogens is 1. The number of halogens is 3. The third-order valence-corrected chi connectivity index (χ3v) is 5.62. The molecule has 1 aromatic carbocycles. The van der Waals surface area contributed by atoms with E-state index in [1.54, 1.807) is 0 Å². The van der Waals surface area contributed by atoms with Crippen molar-refractivity contribution in [3.63, 3.8) is 0 Å². The molecule has 6 nitrogen and oxygen atoms in total. The van der Waals surface area contributed by atoms with Crippen LogP contribution in [0.2, 0.25) is 0 Å². The number of nitrogens with one attached hydrogen (secondary N) is 3. The number of aromatic nitrogens is 3. The van der Waals surface area contributed by atoms with Gasteiger partial charge in [0.25, 0.3) is 0 Å². The fourth-order valence-electron chi connectivity index (χ4n) is 3.84. The smallest absolute Gasteiger partial charge is 0.367 e. The first-order valence-corrected chi connectivity index (χ1v) is 10.4. The van der Waals surface area contributed by atoms with Crippen molar-refractivity contribution in [1.29, 1.82) is 0 Å². The van der Waals surface area contributed by atoms with Gasteiger partial charge >= 0.3 is 6.18 Å². The molecule has 0 unspecified atom stereocenters. The molecule has 0 saturated heterocycles. The first-order chi connectivity index (χ1) is 14.9. The molecule has 0 radical (unpaired) electrons. The van der Waals surface area contributed by atoms with Crippen LogP contribution < -0.4 is 10.6 Å². The van der Waals surface area contributed by atoms with E-state index in [1.807, 2.05) is 24.4 Å². The summed E-state index contributed by atoms with van der Waals surface area (Å²) in [6, 6.07) is 10.2. The first kappa shape index (κ1) is 19.9. The summed E-state index contributed by atoms with van der Waals surface area (Å²) >= 11 is 0. The molecule has 1 aliphatic carbocycles. The monoisotopic (exact) mass is 428 g/mol. The first-order valence-electron chi connectivity index (χ1n) is 10.4. The van der Waals surface area contributed by atoms with Crippen molar-refractivity contribution >= 4 is 17.5 Å². The molecule has 0 amide bonds. The molecule has 31 heavy (non-hydrogen) atoms. The third-order valence-electron chi connectivity index (χ3n) is 5.62. The molecule has 0 atom stereocenters. The summed E-state index contributed by atoms with van der Waals surface area (Å²) in [5, 5.41) is 5.94. The Morgan fingerprint density at radius 2 is 2.03 bits per heavy atom. The maximum Gasteiger partial charge on any atom is 0.421 e. The van der Waals surface area contributed by atoms with E-state index >= 15 is 0 Å². The quantitative estimate of drug-likeness (QED) is 0.531. The van der Waals surface area contributed by atoms with Gasteiger partial charge in [0.2, 0.25) is 5.95 Å². The van der Waals surface area contributed by atoms with Crippen LogP contribution in [0.5, 0.6) is 0 Å². The van der Waals surface area contributed by atoms with Gasteiger partial charge in [0, 0.05) is 49.5 Å². The standard InChI is InChI=1S/C22H23F3N6/c23-22(24,25)19-11-27-21(30-20(19)28-16-5-6-16)29-17-4-3-15-12-31(9-7-14(15)10-17)13-18-2-1-8-26-18/h1-4,8,10-11,16,26H,5-7,9,12-13H2,(H2,27,28,29,30). The molecule has 5 rings (SSSR count). The van der Waals surface area contributed by atoms with Gasteiger partial charge in [0.1, 0.15) is 11.4 Å². The molecule has 1 saturated carbocycles. The van der Waals surface area contributed by atoms with E-state index < -0.39 is 11.7 Å². The maximum absolute atomic E-state index is 13.3. The fourth-order valence-corrected chi connectivity index (χ4v) is 3.84. The fraction of sp³-hybridized carbons (Fsp3) is 0.364. The summed E-state index contributed by atoms with van der Waals surface area (Å²) in [7, 11) is 0. The zero-order valence-corrected chi connectivity index (χ0v) is 16.8. The van der Waals surface area contributed by atoms with Crippen molar-refractivity contribution in [3.8, 4) is 0 Å². The molecule has 2 aromatic heterocycles. The molecule has 1 fully saturated rings. The van der Waals surface area contributed by atoms with Crippen molar-refractivity contribution in [2.75, 3.05) is 17.2 Å². The Labute approximate surface area is 177 Å². The van der Waals surface area contributed by atoms with Crippen molar-refractivity contribution in [2.45, 2.75) is 44.6 Å². The lowest BCUT2D eigenvalue weighted by atomic mass is 9.99. The number of rotatable bonds is 6. The highest BCUT2D eigenvalue weighted by atomic mass is 19.4. The van der Waals surface area contributed by atoms with Crippen LogP contribution in [0.15, 0.2) is 42.7 Å². The van der Waals surface area contributed by atoms with Gasteiger partial charge in [-0.1, -0.05) is 6.07 Å². The summed E-state index contributed by atoms with van der Waals surface area (Å²) in [5.41, 5.74) is 3.62. The average Bonchev–Trinajstić information content (AvgIpc) is 3.39. The number of fused-ring (bicyclic) bond motifs is 1. The number of alkyl halides is 3. The van der Waals surface area contributed by atoms with E-state index in [0.29, 0.717) is 0 Å². The minimum atomic E-state index is -4.49. The zero-order chi connectivity index (χ0) is 21.4. The zero-order valence-electron chi connectivity index (χ0n) is 16.8. The molecule has 9 heteroatoms. The second kappa shape index (κ2) is 7.88. The van der Waals surface area contributed by atoms with Crippen LogP contribution >= 0.6 is 0 Å². The van der Waals surface area contributed by atoms with Crippen LogP contribution in [0.1, 0.15) is 35.2 Å². The number of hydrogen-bond donors (Lipinski definition) is 3. The Hall–Kier alpha value is -3.07. The predicted molar refractivity (Wildman–Crippen MR) is 112 cm³/mol. The Kier molecular flexibility index (Phi) is 5.05. The Bertz CT molecular complexity index is 1060. The Morgan fingerprint density at radius 1 is 1.16 bits per heavy atom. The molecule has 1 aliphatic heterocycles. The molecular formula is C22H23F3N6. The lowest BCUT2D eigenvalue weighted by Crippen LogP contribution is -2.30. The summed E-state index contributed by atoms with van der Waals surface area (Å²) in [5.74, 6) is -0.00861. The van der Waals surface area contributed by atoms with Gasteiger partial charge in [-0.15, -0.1) is 0 Å². The van der Waals surface area contributed by atoms with Crippen molar-refractivity contribution in [3.05, 3.63) is 65.1 Å². The molecule has 3 aromatic rings. The average molecular weight is 428 g/mol. The van der Waals surface area contributed by atoms with E-state index in [0.717, 1.165) is 50.8 Å². The van der Waals surface area contributed by atoms with E-state index in [2.05, 4.69) is 42.6 Å². The molecule has 0 bridgehead atoms. The summed E-state index contributed by atoms with van der Waals surface area (Å²) in [4.78, 5) is 13.6. The summed E-state index contributed by atoms with van der Waals surface area (Å²) in [6.45, 7) is 2.69. The number of hydrogen-bond acceptors (Lipinski definition) is 5. The van der Waals surface area contributed by atoms with Gasteiger partial charge in [-0.3, -0.25) is 4.90 Å². The Balaban J connectivity index is 1.30. The van der Waals surface area contributed by atoms with E-state index in [9.17, 15) is 13.2 Å². The predicted octanol–water partition coefficient (Wildman–Crippen LogP) is 4.70. The molecule has 162 valence electrons. The SMILES string of the molecule is FC(F)(F)c1cnc(Nc2ccc3c(c2)CCN(Cc2ccc[nH]2)C3)nc1NC1CC1. The lowest BCUT2D eigenvalue weighted by molar-refractivity contribution is -0.137. The van der Waals surface area contributed by atoms with E-state index in [4.69, 9.17) is 0 Å². The van der Waals surface area contributed by atoms with Gasteiger partial charge in [0.05, 0.1) is 0 Å². The highest BCUT2D eigenvalue weighted by molar-refractivity contribution is 5.59. The van der Waals surface area contributed by atoms with Crippen LogP contribution in [0.25, 0.3) is 0 Å². The number of benzene rings is 1. The summed E-state index contributed by atoms with van der Waals surface area (Å²) in [6.07, 6.45) is 0.907. The number of anilines is 3. The molecule has 3 heterocycles. The topological polar surface area (TPSA) is 68.9 Å². The second-order valence-corrected chi connectivity index (χ2v) is 8.14. The summed E-state index contributed by atoms with van der Waals surface area (Å²) < 4.78 is 39.8. The largest absolute Gasteiger partial charge is 0.421 e. The van der Waals surface area contributed by atoms with Crippen molar-refractivity contribution in [2.24, 2.45) is 0 Å². The molecule has 2 aliphatic rings. The van der Waals surface area contributed by atoms with Crippen LogP contribution in [0.3, 0.4) is 0 Å². The maximum atomic E-state index is 13.3.